The summed E-state index contributed by atoms with van der Waals surface area (Å²) in [6.07, 6.45) is 0.924. The fraction of sp³-hybridized carbons (Fsp3) is 0.400. The van der Waals surface area contributed by atoms with Gasteiger partial charge in [-0.25, -0.2) is 0 Å². The molecular formula is C10H10N2O3. The Bertz CT molecular complexity index is 380. The Hall–Kier alpha value is -1.80. The molecule has 1 aliphatic heterocycles. The number of carbonyl (C=O) groups is 1. The highest BCUT2D eigenvalue weighted by Gasteiger charge is 2.25. The summed E-state index contributed by atoms with van der Waals surface area (Å²) < 4.78 is 10.1. The lowest BCUT2D eigenvalue weighted by Gasteiger charge is -2.28. The van der Waals surface area contributed by atoms with E-state index in [-0.39, 0.29) is 5.91 Å². The predicted molar refractivity (Wildman–Crippen MR) is 50.0 cm³/mol. The maximum absolute atomic E-state index is 11.8. The fourth-order valence-corrected chi connectivity index (χ4v) is 1.47. The maximum Gasteiger partial charge on any atom is 0.289 e. The number of furan rings is 1. The van der Waals surface area contributed by atoms with Gasteiger partial charge in [0, 0.05) is 6.54 Å². The van der Waals surface area contributed by atoms with E-state index in [0.717, 1.165) is 0 Å². The molecule has 1 aromatic rings. The normalized spacial score (nSPS) is 21.0. The summed E-state index contributed by atoms with van der Waals surface area (Å²) >= 11 is 0. The molecule has 15 heavy (non-hydrogen) atoms. The van der Waals surface area contributed by atoms with Crippen LogP contribution in [0.15, 0.2) is 22.8 Å². The van der Waals surface area contributed by atoms with Crippen molar-refractivity contribution in [3.63, 3.8) is 0 Å². The molecule has 1 unspecified atom stereocenters. The highest BCUT2D eigenvalue weighted by atomic mass is 16.5. The first-order valence-corrected chi connectivity index (χ1v) is 4.65. The Balaban J connectivity index is 2.05. The molecule has 1 aliphatic rings. The third-order valence-corrected chi connectivity index (χ3v) is 2.23. The summed E-state index contributed by atoms with van der Waals surface area (Å²) in [5.74, 6) is 0.108. The molecular weight excluding hydrogens is 196 g/mol. The summed E-state index contributed by atoms with van der Waals surface area (Å²) in [6, 6.07) is 5.26. The van der Waals surface area contributed by atoms with Gasteiger partial charge in [-0.15, -0.1) is 0 Å². The van der Waals surface area contributed by atoms with Gasteiger partial charge in [-0.3, -0.25) is 4.79 Å². The van der Waals surface area contributed by atoms with Crippen molar-refractivity contribution < 1.29 is 13.9 Å². The summed E-state index contributed by atoms with van der Waals surface area (Å²) in [6.45, 7) is 1.19. The molecule has 1 atom stereocenters. The summed E-state index contributed by atoms with van der Waals surface area (Å²) in [5.41, 5.74) is 0. The lowest BCUT2D eigenvalue weighted by molar-refractivity contribution is 0.00212. The van der Waals surface area contributed by atoms with Crippen molar-refractivity contribution in [3.05, 3.63) is 24.2 Å². The van der Waals surface area contributed by atoms with Crippen LogP contribution in [0.4, 0.5) is 0 Å². The highest BCUT2D eigenvalue weighted by molar-refractivity contribution is 5.91. The Morgan fingerprint density at radius 1 is 1.67 bits per heavy atom. The van der Waals surface area contributed by atoms with E-state index in [0.29, 0.717) is 25.5 Å². The zero-order valence-electron chi connectivity index (χ0n) is 8.05. The molecule has 0 N–H and O–H groups in total. The largest absolute Gasteiger partial charge is 0.459 e. The number of ether oxygens (including phenoxy) is 1. The molecule has 5 nitrogen and oxygen atoms in total. The monoisotopic (exact) mass is 206 g/mol. The molecule has 1 fully saturated rings. The molecule has 78 valence electrons. The predicted octanol–water partition coefficient (Wildman–Crippen LogP) is 0.644. The van der Waals surface area contributed by atoms with Crippen LogP contribution in [0, 0.1) is 11.3 Å². The van der Waals surface area contributed by atoms with E-state index >= 15 is 0 Å². The van der Waals surface area contributed by atoms with Gasteiger partial charge in [0.15, 0.2) is 11.9 Å². The molecule has 0 aromatic carbocycles. The quantitative estimate of drug-likeness (QED) is 0.676. The first-order chi connectivity index (χ1) is 7.31. The van der Waals surface area contributed by atoms with Gasteiger partial charge in [0.1, 0.15) is 0 Å². The van der Waals surface area contributed by atoms with Gasteiger partial charge in [0.05, 0.1) is 25.5 Å². The summed E-state index contributed by atoms with van der Waals surface area (Å²) in [7, 11) is 0. The molecule has 0 saturated carbocycles. The number of hydrogen-bond donors (Lipinski definition) is 0. The maximum atomic E-state index is 11.8. The van der Waals surface area contributed by atoms with Gasteiger partial charge in [-0.2, -0.15) is 5.26 Å². The average molecular weight is 206 g/mol. The van der Waals surface area contributed by atoms with Crippen molar-refractivity contribution in [2.24, 2.45) is 0 Å². The first kappa shape index (κ1) is 9.74. The van der Waals surface area contributed by atoms with Crippen LogP contribution < -0.4 is 0 Å². The van der Waals surface area contributed by atoms with Crippen LogP contribution in [0.1, 0.15) is 10.6 Å². The van der Waals surface area contributed by atoms with Gasteiger partial charge < -0.3 is 14.1 Å². The van der Waals surface area contributed by atoms with E-state index in [9.17, 15) is 4.79 Å². The molecule has 0 aliphatic carbocycles. The average Bonchev–Trinajstić information content (AvgIpc) is 2.81. The smallest absolute Gasteiger partial charge is 0.289 e. The molecule has 1 amide bonds. The number of carbonyl (C=O) groups excluding carboxylic acids is 1. The summed E-state index contributed by atoms with van der Waals surface area (Å²) in [5, 5.41) is 8.68. The van der Waals surface area contributed by atoms with Gasteiger partial charge in [-0.1, -0.05) is 0 Å². The number of morpholine rings is 1. The van der Waals surface area contributed by atoms with E-state index < -0.39 is 6.10 Å². The minimum Gasteiger partial charge on any atom is -0.459 e. The Labute approximate surface area is 86.8 Å². The second-order valence-corrected chi connectivity index (χ2v) is 3.22. The van der Waals surface area contributed by atoms with Crippen molar-refractivity contribution in [2.75, 3.05) is 19.7 Å². The molecule has 0 bridgehead atoms. The van der Waals surface area contributed by atoms with Crippen LogP contribution >= 0.6 is 0 Å². The minimum absolute atomic E-state index is 0.191. The fourth-order valence-electron chi connectivity index (χ4n) is 1.47. The van der Waals surface area contributed by atoms with Gasteiger partial charge >= 0.3 is 0 Å². The molecule has 1 aromatic heterocycles. The minimum atomic E-state index is -0.530. The van der Waals surface area contributed by atoms with Crippen LogP contribution in [0.2, 0.25) is 0 Å². The van der Waals surface area contributed by atoms with Gasteiger partial charge in [0.2, 0.25) is 0 Å². The number of nitriles is 1. The first-order valence-electron chi connectivity index (χ1n) is 4.65. The third kappa shape index (κ3) is 2.00. The van der Waals surface area contributed by atoms with E-state index in [1.165, 1.54) is 6.26 Å². The Kier molecular flexibility index (Phi) is 2.70. The van der Waals surface area contributed by atoms with Crippen molar-refractivity contribution in [1.82, 2.24) is 4.90 Å². The molecule has 2 rings (SSSR count). The van der Waals surface area contributed by atoms with E-state index in [2.05, 4.69) is 0 Å². The zero-order chi connectivity index (χ0) is 10.7. The van der Waals surface area contributed by atoms with E-state index in [1.54, 1.807) is 17.0 Å². The van der Waals surface area contributed by atoms with Crippen LogP contribution in [0.5, 0.6) is 0 Å². The molecule has 2 heterocycles. The number of hydrogen-bond acceptors (Lipinski definition) is 4. The number of nitrogens with zero attached hydrogens (tertiary/aromatic N) is 2. The molecule has 5 heteroatoms. The van der Waals surface area contributed by atoms with Crippen LogP contribution in [-0.4, -0.2) is 36.6 Å². The lowest BCUT2D eigenvalue weighted by Crippen LogP contribution is -2.45. The van der Waals surface area contributed by atoms with Crippen molar-refractivity contribution in [2.45, 2.75) is 6.10 Å². The summed E-state index contributed by atoms with van der Waals surface area (Å²) in [4.78, 5) is 13.4. The highest BCUT2D eigenvalue weighted by Crippen LogP contribution is 2.10. The van der Waals surface area contributed by atoms with Crippen molar-refractivity contribution in [3.8, 4) is 6.07 Å². The number of rotatable bonds is 1. The standard InChI is InChI=1S/C10H10N2O3/c11-6-8-7-12(3-5-14-8)10(13)9-2-1-4-15-9/h1-2,4,8H,3,5,7H2. The van der Waals surface area contributed by atoms with E-state index in [1.807, 2.05) is 6.07 Å². The molecule has 1 saturated heterocycles. The molecule has 0 radical (unpaired) electrons. The van der Waals surface area contributed by atoms with Gasteiger partial charge in [-0.05, 0) is 12.1 Å². The Morgan fingerprint density at radius 3 is 3.20 bits per heavy atom. The van der Waals surface area contributed by atoms with Crippen LogP contribution in [0.25, 0.3) is 0 Å². The number of amides is 1. The zero-order valence-corrected chi connectivity index (χ0v) is 8.05. The second-order valence-electron chi connectivity index (χ2n) is 3.22. The molecule has 0 spiro atoms. The second kappa shape index (κ2) is 4.15. The van der Waals surface area contributed by atoms with Crippen molar-refractivity contribution in [1.29, 1.82) is 5.26 Å². The van der Waals surface area contributed by atoms with Crippen LogP contribution in [-0.2, 0) is 4.74 Å². The Morgan fingerprint density at radius 2 is 2.53 bits per heavy atom. The van der Waals surface area contributed by atoms with E-state index in [4.69, 9.17) is 14.4 Å². The SMILES string of the molecule is N#CC1CN(C(=O)c2ccco2)CCO1. The van der Waals surface area contributed by atoms with Gasteiger partial charge in [0.25, 0.3) is 5.91 Å². The lowest BCUT2D eigenvalue weighted by atomic mass is 10.2. The third-order valence-electron chi connectivity index (χ3n) is 2.23. The van der Waals surface area contributed by atoms with Crippen LogP contribution in [0.3, 0.4) is 0 Å². The topological polar surface area (TPSA) is 66.5 Å². The van der Waals surface area contributed by atoms with Crippen molar-refractivity contribution >= 4 is 5.91 Å².